The van der Waals surface area contributed by atoms with Crippen LogP contribution < -0.4 is 5.32 Å². The van der Waals surface area contributed by atoms with Crippen LogP contribution in [0.2, 0.25) is 0 Å². The SMILES string of the molecule is N#Cc1ccc(Nc2cc(O)cc(-c3cccc4[nH]ccc34)c2)cc1. The van der Waals surface area contributed by atoms with E-state index < -0.39 is 0 Å². The fourth-order valence-corrected chi connectivity index (χ4v) is 2.97. The van der Waals surface area contributed by atoms with Gasteiger partial charge >= 0.3 is 0 Å². The van der Waals surface area contributed by atoms with Crippen molar-refractivity contribution in [2.45, 2.75) is 0 Å². The summed E-state index contributed by atoms with van der Waals surface area (Å²) in [5, 5.41) is 23.4. The Morgan fingerprint density at radius 1 is 0.920 bits per heavy atom. The van der Waals surface area contributed by atoms with Crippen LogP contribution in [0, 0.1) is 11.3 Å². The van der Waals surface area contributed by atoms with E-state index in [9.17, 15) is 5.11 Å². The number of H-pyrrole nitrogens is 1. The predicted octanol–water partition coefficient (Wildman–Crippen LogP) is 5.16. The Labute approximate surface area is 145 Å². The van der Waals surface area contributed by atoms with Gasteiger partial charge in [-0.2, -0.15) is 5.26 Å². The van der Waals surface area contributed by atoms with Gasteiger partial charge in [0.1, 0.15) is 5.75 Å². The molecule has 25 heavy (non-hydrogen) atoms. The molecule has 0 atom stereocenters. The lowest BCUT2D eigenvalue weighted by atomic mass is 10.0. The first-order chi connectivity index (χ1) is 12.2. The standard InChI is InChI=1S/C21H15N3O/c22-13-14-4-6-16(7-5-14)24-17-10-15(11-18(25)12-17)19-2-1-3-21-20(19)8-9-23-21/h1-12,23-25H. The van der Waals surface area contributed by atoms with E-state index in [0.717, 1.165) is 33.4 Å². The fourth-order valence-electron chi connectivity index (χ4n) is 2.97. The van der Waals surface area contributed by atoms with Gasteiger partial charge in [0.2, 0.25) is 0 Å². The minimum absolute atomic E-state index is 0.196. The molecule has 1 aromatic heterocycles. The first-order valence-electron chi connectivity index (χ1n) is 7.91. The molecule has 0 spiro atoms. The highest BCUT2D eigenvalue weighted by Gasteiger charge is 2.07. The zero-order valence-electron chi connectivity index (χ0n) is 13.3. The van der Waals surface area contributed by atoms with Crippen molar-refractivity contribution in [2.75, 3.05) is 5.32 Å². The summed E-state index contributed by atoms with van der Waals surface area (Å²) in [4.78, 5) is 3.21. The molecule has 4 heteroatoms. The number of benzene rings is 3. The average Bonchev–Trinajstić information content (AvgIpc) is 3.10. The number of aromatic nitrogens is 1. The molecule has 0 unspecified atom stereocenters. The molecule has 0 saturated carbocycles. The maximum Gasteiger partial charge on any atom is 0.118 e. The molecule has 0 aliphatic rings. The van der Waals surface area contributed by atoms with Gasteiger partial charge in [0.25, 0.3) is 0 Å². The molecule has 0 saturated heterocycles. The minimum Gasteiger partial charge on any atom is -0.508 e. The molecule has 1 heterocycles. The van der Waals surface area contributed by atoms with Gasteiger partial charge in [-0.15, -0.1) is 0 Å². The third-order valence-electron chi connectivity index (χ3n) is 4.13. The van der Waals surface area contributed by atoms with Crippen LogP contribution in [0.15, 0.2) is 72.9 Å². The molecule has 0 amide bonds. The number of nitrogens with one attached hydrogen (secondary N) is 2. The first-order valence-corrected chi connectivity index (χ1v) is 7.91. The molecule has 0 bridgehead atoms. The van der Waals surface area contributed by atoms with Crippen molar-refractivity contribution in [1.82, 2.24) is 4.98 Å². The molecule has 3 aromatic carbocycles. The third kappa shape index (κ3) is 2.91. The van der Waals surface area contributed by atoms with Gasteiger partial charge in [0, 0.05) is 34.5 Å². The molecule has 4 rings (SSSR count). The number of rotatable bonds is 3. The van der Waals surface area contributed by atoms with Crippen LogP contribution in [0.5, 0.6) is 5.75 Å². The second-order valence-electron chi connectivity index (χ2n) is 5.83. The van der Waals surface area contributed by atoms with Crippen molar-refractivity contribution < 1.29 is 5.11 Å². The zero-order valence-corrected chi connectivity index (χ0v) is 13.3. The largest absolute Gasteiger partial charge is 0.508 e. The van der Waals surface area contributed by atoms with Crippen LogP contribution in [0.25, 0.3) is 22.0 Å². The summed E-state index contributed by atoms with van der Waals surface area (Å²) in [6.07, 6.45) is 1.91. The second kappa shape index (κ2) is 6.06. The molecular formula is C21H15N3O. The van der Waals surface area contributed by atoms with Crippen molar-refractivity contribution in [1.29, 1.82) is 5.26 Å². The van der Waals surface area contributed by atoms with E-state index in [0.29, 0.717) is 5.56 Å². The molecule has 0 radical (unpaired) electrons. The number of anilines is 2. The van der Waals surface area contributed by atoms with E-state index in [1.807, 2.05) is 48.7 Å². The summed E-state index contributed by atoms with van der Waals surface area (Å²) in [7, 11) is 0. The normalized spacial score (nSPS) is 10.5. The molecule has 0 aliphatic heterocycles. The van der Waals surface area contributed by atoms with Crippen LogP contribution in [0.3, 0.4) is 0 Å². The first kappa shape index (κ1) is 14.9. The number of hydrogen-bond donors (Lipinski definition) is 3. The number of nitrogens with zero attached hydrogens (tertiary/aromatic N) is 1. The van der Waals surface area contributed by atoms with Crippen molar-refractivity contribution >= 4 is 22.3 Å². The number of aromatic hydroxyl groups is 1. The smallest absolute Gasteiger partial charge is 0.118 e. The monoisotopic (exact) mass is 325 g/mol. The number of aromatic amines is 1. The molecule has 3 N–H and O–H groups in total. The minimum atomic E-state index is 0.196. The van der Waals surface area contributed by atoms with Crippen molar-refractivity contribution in [3.05, 3.63) is 78.5 Å². The van der Waals surface area contributed by atoms with Gasteiger partial charge in [-0.05, 0) is 59.7 Å². The molecule has 120 valence electrons. The van der Waals surface area contributed by atoms with Crippen LogP contribution in [-0.4, -0.2) is 10.1 Å². The highest BCUT2D eigenvalue weighted by molar-refractivity contribution is 5.96. The van der Waals surface area contributed by atoms with E-state index in [4.69, 9.17) is 5.26 Å². The van der Waals surface area contributed by atoms with E-state index in [1.54, 1.807) is 24.3 Å². The summed E-state index contributed by atoms with van der Waals surface area (Å²) in [6, 6.07) is 22.8. The Kier molecular flexibility index (Phi) is 3.60. The number of phenolic OH excluding ortho intramolecular Hbond substituents is 1. The molecule has 0 aliphatic carbocycles. The van der Waals surface area contributed by atoms with Crippen LogP contribution in [0.1, 0.15) is 5.56 Å². The van der Waals surface area contributed by atoms with Crippen molar-refractivity contribution in [2.24, 2.45) is 0 Å². The van der Waals surface area contributed by atoms with Crippen LogP contribution in [-0.2, 0) is 0 Å². The van der Waals surface area contributed by atoms with Crippen LogP contribution in [0.4, 0.5) is 11.4 Å². The van der Waals surface area contributed by atoms with Gasteiger partial charge in [-0.25, -0.2) is 0 Å². The Morgan fingerprint density at radius 2 is 1.76 bits per heavy atom. The third-order valence-corrected chi connectivity index (χ3v) is 4.13. The summed E-state index contributed by atoms with van der Waals surface area (Å²) < 4.78 is 0. The van der Waals surface area contributed by atoms with E-state index in [1.165, 1.54) is 0 Å². The van der Waals surface area contributed by atoms with Gasteiger partial charge in [-0.3, -0.25) is 0 Å². The predicted molar refractivity (Wildman–Crippen MR) is 99.8 cm³/mol. The van der Waals surface area contributed by atoms with Gasteiger partial charge in [0.15, 0.2) is 0 Å². The Balaban J connectivity index is 1.73. The summed E-state index contributed by atoms with van der Waals surface area (Å²) in [6.45, 7) is 0. The number of phenols is 1. The number of fused-ring (bicyclic) bond motifs is 1. The molecule has 0 fully saturated rings. The van der Waals surface area contributed by atoms with Gasteiger partial charge in [0.05, 0.1) is 11.6 Å². The topological polar surface area (TPSA) is 71.8 Å². The number of hydrogen-bond acceptors (Lipinski definition) is 3. The lowest BCUT2D eigenvalue weighted by molar-refractivity contribution is 0.476. The average molecular weight is 325 g/mol. The lowest BCUT2D eigenvalue weighted by Crippen LogP contribution is -1.91. The van der Waals surface area contributed by atoms with Gasteiger partial charge in [-0.1, -0.05) is 12.1 Å². The van der Waals surface area contributed by atoms with Crippen molar-refractivity contribution in [3.63, 3.8) is 0 Å². The Bertz CT molecular complexity index is 1090. The van der Waals surface area contributed by atoms with Gasteiger partial charge < -0.3 is 15.4 Å². The summed E-state index contributed by atoms with van der Waals surface area (Å²) in [5.74, 6) is 0.196. The van der Waals surface area contributed by atoms with Crippen molar-refractivity contribution in [3.8, 4) is 22.9 Å². The second-order valence-corrected chi connectivity index (χ2v) is 5.83. The fraction of sp³-hybridized carbons (Fsp3) is 0. The zero-order chi connectivity index (χ0) is 17.2. The molecular weight excluding hydrogens is 310 g/mol. The molecule has 4 aromatic rings. The maximum absolute atomic E-state index is 10.1. The van der Waals surface area contributed by atoms with E-state index in [2.05, 4.69) is 16.4 Å². The molecule has 4 nitrogen and oxygen atoms in total. The highest BCUT2D eigenvalue weighted by Crippen LogP contribution is 2.33. The Morgan fingerprint density at radius 3 is 2.56 bits per heavy atom. The Hall–Kier alpha value is -3.71. The lowest BCUT2D eigenvalue weighted by Gasteiger charge is -2.11. The van der Waals surface area contributed by atoms with Crippen LogP contribution >= 0.6 is 0 Å². The van der Waals surface area contributed by atoms with E-state index in [-0.39, 0.29) is 5.75 Å². The maximum atomic E-state index is 10.1. The quantitative estimate of drug-likeness (QED) is 0.487. The van der Waals surface area contributed by atoms with E-state index >= 15 is 0 Å². The summed E-state index contributed by atoms with van der Waals surface area (Å²) >= 11 is 0. The highest BCUT2D eigenvalue weighted by atomic mass is 16.3. The summed E-state index contributed by atoms with van der Waals surface area (Å²) in [5.41, 5.74) is 5.30. The number of nitriles is 1.